The van der Waals surface area contributed by atoms with Crippen LogP contribution in [0.15, 0.2) is 65.6 Å². The Morgan fingerprint density at radius 2 is 1.67 bits per heavy atom. The molecule has 1 aliphatic rings. The number of carbonyl (C=O) groups excluding carboxylic acids is 1. The number of rotatable bonds is 7. The average Bonchev–Trinajstić information content (AvgIpc) is 2.82. The first-order valence-electron chi connectivity index (χ1n) is 10.5. The van der Waals surface area contributed by atoms with Crippen molar-refractivity contribution in [2.75, 3.05) is 24.6 Å². The highest BCUT2D eigenvalue weighted by Gasteiger charge is 2.28. The van der Waals surface area contributed by atoms with Gasteiger partial charge in [-0.05, 0) is 56.3 Å². The monoisotopic (exact) mass is 467 g/mol. The first kappa shape index (κ1) is 22.7. The third-order valence-electron chi connectivity index (χ3n) is 5.42. The number of hydrogen-bond donors (Lipinski definition) is 0. The number of fused-ring (bicyclic) bond motifs is 1. The third-order valence-corrected chi connectivity index (χ3v) is 7.19. The van der Waals surface area contributed by atoms with Crippen LogP contribution in [0.1, 0.15) is 28.4 Å². The molecular formula is C25H25NO6S. The molecule has 0 saturated heterocycles. The number of ether oxygens (including phenoxy) is 3. The van der Waals surface area contributed by atoms with Crippen molar-refractivity contribution in [3.8, 4) is 17.2 Å². The van der Waals surface area contributed by atoms with Gasteiger partial charge in [0.25, 0.3) is 10.0 Å². The molecule has 4 rings (SSSR count). The van der Waals surface area contributed by atoms with Gasteiger partial charge in [0.15, 0.2) is 17.3 Å². The molecule has 3 aromatic carbocycles. The summed E-state index contributed by atoms with van der Waals surface area (Å²) in [7, 11) is -2.49. The van der Waals surface area contributed by atoms with Crippen molar-refractivity contribution in [1.29, 1.82) is 0 Å². The fraction of sp³-hybridized carbons (Fsp3) is 0.240. The first-order valence-corrected chi connectivity index (χ1v) is 11.9. The van der Waals surface area contributed by atoms with Crippen LogP contribution in [0, 0.1) is 6.92 Å². The van der Waals surface area contributed by atoms with Crippen molar-refractivity contribution in [2.24, 2.45) is 0 Å². The van der Waals surface area contributed by atoms with Crippen LogP contribution in [0.4, 0.5) is 5.69 Å². The van der Waals surface area contributed by atoms with Crippen molar-refractivity contribution >= 4 is 21.5 Å². The lowest BCUT2D eigenvalue weighted by Gasteiger charge is -2.27. The Kier molecular flexibility index (Phi) is 6.29. The second kappa shape index (κ2) is 9.15. The lowest BCUT2D eigenvalue weighted by Crippen LogP contribution is -2.31. The number of ketones is 1. The van der Waals surface area contributed by atoms with Gasteiger partial charge in [-0.15, -0.1) is 0 Å². The molecule has 1 aliphatic heterocycles. The van der Waals surface area contributed by atoms with Gasteiger partial charge in [-0.25, -0.2) is 8.42 Å². The number of hydrogen-bond acceptors (Lipinski definition) is 6. The molecule has 8 heteroatoms. The molecule has 0 spiro atoms. The Morgan fingerprint density at radius 3 is 2.33 bits per heavy atom. The Bertz CT molecular complexity index is 1280. The predicted octanol–water partition coefficient (Wildman–Crippen LogP) is 4.37. The van der Waals surface area contributed by atoms with Gasteiger partial charge >= 0.3 is 0 Å². The molecule has 172 valence electrons. The van der Waals surface area contributed by atoms with E-state index in [-0.39, 0.29) is 17.2 Å². The largest absolute Gasteiger partial charge is 0.496 e. The number of aryl methyl sites for hydroxylation is 1. The summed E-state index contributed by atoms with van der Waals surface area (Å²) in [5.74, 6) is 1.28. The summed E-state index contributed by atoms with van der Waals surface area (Å²) in [5.41, 5.74) is 2.55. The van der Waals surface area contributed by atoms with Gasteiger partial charge in [0, 0.05) is 17.2 Å². The molecule has 0 fully saturated rings. The zero-order valence-electron chi connectivity index (χ0n) is 18.7. The zero-order valence-corrected chi connectivity index (χ0v) is 19.5. The van der Waals surface area contributed by atoms with Crippen molar-refractivity contribution in [2.45, 2.75) is 25.3 Å². The van der Waals surface area contributed by atoms with Gasteiger partial charge in [0.1, 0.15) is 19.0 Å². The molecule has 1 heterocycles. The number of sulfonamides is 1. The molecule has 0 N–H and O–H groups in total. The topological polar surface area (TPSA) is 82.1 Å². The fourth-order valence-corrected chi connectivity index (χ4v) is 5.07. The molecule has 0 saturated carbocycles. The van der Waals surface area contributed by atoms with E-state index in [9.17, 15) is 13.2 Å². The minimum absolute atomic E-state index is 0.0237. The standard InChI is InChI=1S/C25H25NO6S/c1-17-4-7-21(8-5-17)26(16-20-14-19(18(2)27)6-10-23(20)30-3)33(28,29)22-9-11-24-25(15-22)32-13-12-31-24/h4-11,14-15H,12-13,16H2,1-3H3. The maximum absolute atomic E-state index is 13.8. The third kappa shape index (κ3) is 4.66. The van der Waals surface area contributed by atoms with Crippen molar-refractivity contribution in [1.82, 2.24) is 0 Å². The van der Waals surface area contributed by atoms with Crippen LogP contribution in [0.3, 0.4) is 0 Å². The van der Waals surface area contributed by atoms with Crippen molar-refractivity contribution in [3.63, 3.8) is 0 Å². The van der Waals surface area contributed by atoms with Gasteiger partial charge in [-0.3, -0.25) is 9.10 Å². The van der Waals surface area contributed by atoms with Crippen LogP contribution in [-0.2, 0) is 16.6 Å². The Hall–Kier alpha value is -3.52. The summed E-state index contributed by atoms with van der Waals surface area (Å²) >= 11 is 0. The summed E-state index contributed by atoms with van der Waals surface area (Å²) in [6.07, 6.45) is 0. The van der Waals surface area contributed by atoms with Gasteiger partial charge in [0.2, 0.25) is 0 Å². The summed E-state index contributed by atoms with van der Waals surface area (Å²) in [6.45, 7) is 4.15. The summed E-state index contributed by atoms with van der Waals surface area (Å²) in [4.78, 5) is 12.0. The van der Waals surface area contributed by atoms with E-state index in [1.54, 1.807) is 36.4 Å². The number of Topliss-reactive ketones (excluding diaryl/α,β-unsaturated/α-hetero) is 1. The van der Waals surface area contributed by atoms with E-state index in [1.165, 1.54) is 30.5 Å². The summed E-state index contributed by atoms with van der Waals surface area (Å²) in [6, 6.07) is 16.8. The Balaban J connectivity index is 1.82. The smallest absolute Gasteiger partial charge is 0.264 e. The van der Waals surface area contributed by atoms with E-state index in [4.69, 9.17) is 14.2 Å². The maximum atomic E-state index is 13.8. The molecule has 0 amide bonds. The SMILES string of the molecule is COc1ccc(C(C)=O)cc1CN(c1ccc(C)cc1)S(=O)(=O)c1ccc2c(c1)OCCO2. The van der Waals surface area contributed by atoms with E-state index < -0.39 is 10.0 Å². The molecule has 7 nitrogen and oxygen atoms in total. The second-order valence-corrected chi connectivity index (χ2v) is 9.60. The minimum Gasteiger partial charge on any atom is -0.496 e. The minimum atomic E-state index is -4.00. The van der Waals surface area contributed by atoms with Crippen LogP contribution in [0.25, 0.3) is 0 Å². The molecule has 0 aliphatic carbocycles. The van der Waals surface area contributed by atoms with Crippen LogP contribution in [-0.4, -0.2) is 34.5 Å². The van der Waals surface area contributed by atoms with E-state index in [2.05, 4.69) is 0 Å². The highest BCUT2D eigenvalue weighted by atomic mass is 32.2. The van der Waals surface area contributed by atoms with E-state index in [0.29, 0.717) is 47.3 Å². The van der Waals surface area contributed by atoms with Crippen LogP contribution >= 0.6 is 0 Å². The normalized spacial score (nSPS) is 12.8. The highest BCUT2D eigenvalue weighted by molar-refractivity contribution is 7.92. The lowest BCUT2D eigenvalue weighted by atomic mass is 10.1. The Morgan fingerprint density at radius 1 is 0.970 bits per heavy atom. The number of methoxy groups -OCH3 is 1. The molecule has 0 bridgehead atoms. The molecule has 33 heavy (non-hydrogen) atoms. The molecule has 3 aromatic rings. The van der Waals surface area contributed by atoms with Gasteiger partial charge < -0.3 is 14.2 Å². The zero-order chi connectivity index (χ0) is 23.6. The van der Waals surface area contributed by atoms with Gasteiger partial charge in [-0.2, -0.15) is 0 Å². The molecule has 0 atom stereocenters. The average molecular weight is 468 g/mol. The van der Waals surface area contributed by atoms with Gasteiger partial charge in [-0.1, -0.05) is 17.7 Å². The fourth-order valence-electron chi connectivity index (χ4n) is 3.61. The van der Waals surface area contributed by atoms with Crippen LogP contribution in [0.2, 0.25) is 0 Å². The molecule has 0 aromatic heterocycles. The Labute approximate surface area is 193 Å². The second-order valence-electron chi connectivity index (χ2n) is 7.74. The summed E-state index contributed by atoms with van der Waals surface area (Å²) in [5, 5.41) is 0. The van der Waals surface area contributed by atoms with Crippen molar-refractivity contribution in [3.05, 3.63) is 77.4 Å². The summed E-state index contributed by atoms with van der Waals surface area (Å²) < 4.78 is 45.6. The van der Waals surface area contributed by atoms with E-state index in [0.717, 1.165) is 5.56 Å². The highest BCUT2D eigenvalue weighted by Crippen LogP contribution is 2.35. The predicted molar refractivity (Wildman–Crippen MR) is 125 cm³/mol. The van der Waals surface area contributed by atoms with Crippen LogP contribution in [0.5, 0.6) is 17.2 Å². The quantitative estimate of drug-likeness (QED) is 0.480. The number of carbonyl (C=O) groups is 1. The van der Waals surface area contributed by atoms with Gasteiger partial charge in [0.05, 0.1) is 24.2 Å². The number of nitrogens with zero attached hydrogens (tertiary/aromatic N) is 1. The number of anilines is 1. The van der Waals surface area contributed by atoms with Crippen molar-refractivity contribution < 1.29 is 27.4 Å². The van der Waals surface area contributed by atoms with E-state index >= 15 is 0 Å². The molecule has 0 unspecified atom stereocenters. The maximum Gasteiger partial charge on any atom is 0.264 e. The molecular weight excluding hydrogens is 442 g/mol. The lowest BCUT2D eigenvalue weighted by molar-refractivity contribution is 0.101. The first-order chi connectivity index (χ1) is 15.8. The molecule has 0 radical (unpaired) electrons. The van der Waals surface area contributed by atoms with Crippen LogP contribution < -0.4 is 18.5 Å². The number of benzene rings is 3. The van der Waals surface area contributed by atoms with E-state index in [1.807, 2.05) is 19.1 Å².